The molecule has 0 radical (unpaired) electrons. The first-order valence-corrected chi connectivity index (χ1v) is 8.26. The molecule has 7 nitrogen and oxygen atoms in total. The highest BCUT2D eigenvalue weighted by Crippen LogP contribution is 2.28. The van der Waals surface area contributed by atoms with Gasteiger partial charge in [0.2, 0.25) is 0 Å². The number of rotatable bonds is 4. The smallest absolute Gasteiger partial charge is 0.273 e. The predicted octanol–water partition coefficient (Wildman–Crippen LogP) is 3.65. The number of anilines is 2. The maximum atomic E-state index is 13.0. The number of nitrogens with one attached hydrogen (secondary N) is 2. The lowest BCUT2D eigenvalue weighted by atomic mass is 10.2. The number of H-pyrrole nitrogens is 1. The van der Waals surface area contributed by atoms with Crippen LogP contribution < -0.4 is 15.6 Å². The summed E-state index contributed by atoms with van der Waals surface area (Å²) in [5.74, 6) is 0.941. The Morgan fingerprint density at radius 2 is 1.96 bits per heavy atom. The highest BCUT2D eigenvalue weighted by molar-refractivity contribution is 6.32. The van der Waals surface area contributed by atoms with Gasteiger partial charge in [0, 0.05) is 18.3 Å². The topological polar surface area (TPSA) is 84.8 Å². The van der Waals surface area contributed by atoms with E-state index in [1.807, 2.05) is 0 Å². The maximum absolute atomic E-state index is 13.0. The minimum Gasteiger partial charge on any atom is -0.495 e. The molecule has 0 bridgehead atoms. The van der Waals surface area contributed by atoms with Crippen molar-refractivity contribution in [3.63, 3.8) is 0 Å². The lowest BCUT2D eigenvalue weighted by molar-refractivity contribution is 0.415. The van der Waals surface area contributed by atoms with Crippen molar-refractivity contribution in [3.8, 4) is 11.4 Å². The average Bonchev–Trinajstić information content (AvgIpc) is 3.00. The molecule has 9 heteroatoms. The average molecular weight is 386 g/mol. The molecule has 27 heavy (non-hydrogen) atoms. The van der Waals surface area contributed by atoms with Gasteiger partial charge in [-0.15, -0.1) is 0 Å². The van der Waals surface area contributed by atoms with Gasteiger partial charge >= 0.3 is 0 Å². The van der Waals surface area contributed by atoms with Gasteiger partial charge in [-0.25, -0.2) is 14.4 Å². The summed E-state index contributed by atoms with van der Waals surface area (Å²) in [4.78, 5) is 20.4. The molecule has 0 atom stereocenters. The highest BCUT2D eigenvalue weighted by Gasteiger charge is 2.12. The molecule has 4 rings (SSSR count). The van der Waals surface area contributed by atoms with Crippen LogP contribution in [0, 0.1) is 5.82 Å². The van der Waals surface area contributed by atoms with E-state index in [0.29, 0.717) is 39.0 Å². The highest BCUT2D eigenvalue weighted by atomic mass is 35.5. The molecule has 136 valence electrons. The molecule has 0 spiro atoms. The summed E-state index contributed by atoms with van der Waals surface area (Å²) < 4.78 is 19.8. The van der Waals surface area contributed by atoms with Gasteiger partial charge in [-0.2, -0.15) is 0 Å². The molecule has 3 aromatic heterocycles. The molecule has 0 saturated heterocycles. The number of hydrogen-bond acceptors (Lipinski definition) is 5. The molecule has 0 unspecified atom stereocenters. The zero-order valence-electron chi connectivity index (χ0n) is 14.0. The number of fused-ring (bicyclic) bond motifs is 1. The number of aromatic nitrogens is 4. The van der Waals surface area contributed by atoms with Crippen LogP contribution in [0.4, 0.5) is 16.0 Å². The number of benzene rings is 1. The van der Waals surface area contributed by atoms with Crippen molar-refractivity contribution in [1.82, 2.24) is 19.7 Å². The van der Waals surface area contributed by atoms with Gasteiger partial charge in [-0.3, -0.25) is 14.6 Å². The first-order chi connectivity index (χ1) is 13.0. The van der Waals surface area contributed by atoms with E-state index in [0.717, 1.165) is 6.20 Å². The summed E-state index contributed by atoms with van der Waals surface area (Å²) in [6, 6.07) is 9.64. The fourth-order valence-corrected chi connectivity index (χ4v) is 2.86. The second-order valence-corrected chi connectivity index (χ2v) is 6.08. The molecule has 4 aromatic rings. The first-order valence-electron chi connectivity index (χ1n) is 7.88. The SMILES string of the molecule is COc1cc(-n2[nH]c(=O)c3cnc(Nc4ccc(F)cn4)cc32)ccc1Cl. The third-order valence-electron chi connectivity index (χ3n) is 3.96. The monoisotopic (exact) mass is 385 g/mol. The van der Waals surface area contributed by atoms with Crippen LogP contribution in [0.2, 0.25) is 5.02 Å². The fraction of sp³-hybridized carbons (Fsp3) is 0.0556. The summed E-state index contributed by atoms with van der Waals surface area (Å²) in [6.07, 6.45) is 2.57. The van der Waals surface area contributed by atoms with Crippen molar-refractivity contribution >= 4 is 34.1 Å². The zero-order chi connectivity index (χ0) is 19.0. The van der Waals surface area contributed by atoms with Crippen molar-refractivity contribution in [2.75, 3.05) is 12.4 Å². The lowest BCUT2D eigenvalue weighted by Crippen LogP contribution is -2.04. The Morgan fingerprint density at radius 3 is 2.70 bits per heavy atom. The van der Waals surface area contributed by atoms with Crippen LogP contribution in [-0.2, 0) is 0 Å². The molecule has 0 aliphatic heterocycles. The third-order valence-corrected chi connectivity index (χ3v) is 4.27. The van der Waals surface area contributed by atoms with Crippen LogP contribution in [0.15, 0.2) is 53.6 Å². The Labute approximate surface area is 157 Å². The predicted molar refractivity (Wildman–Crippen MR) is 101 cm³/mol. The standard InChI is InChI=1S/C18H13ClFN5O2/c1-27-15-6-11(3-4-13(15)19)25-14-7-17(22-9-12(14)18(26)24-25)23-16-5-2-10(20)8-21-16/h2-9H,1H3,(H,24,26)(H,21,22,23). The second kappa shape index (κ2) is 6.73. The molecular weight excluding hydrogens is 373 g/mol. The van der Waals surface area contributed by atoms with Crippen molar-refractivity contribution in [1.29, 1.82) is 0 Å². The molecule has 0 fully saturated rings. The Morgan fingerprint density at radius 1 is 1.15 bits per heavy atom. The Balaban J connectivity index is 1.80. The molecule has 3 heterocycles. The maximum Gasteiger partial charge on any atom is 0.273 e. The number of ether oxygens (including phenoxy) is 1. The van der Waals surface area contributed by atoms with Crippen molar-refractivity contribution in [3.05, 3.63) is 70.0 Å². The van der Waals surface area contributed by atoms with E-state index in [9.17, 15) is 9.18 Å². The van der Waals surface area contributed by atoms with Gasteiger partial charge in [-0.05, 0) is 24.3 Å². The summed E-state index contributed by atoms with van der Waals surface area (Å²) in [5, 5.41) is 6.63. The van der Waals surface area contributed by atoms with Crippen LogP contribution in [0.3, 0.4) is 0 Å². The first kappa shape index (κ1) is 17.0. The van der Waals surface area contributed by atoms with E-state index < -0.39 is 5.82 Å². The van der Waals surface area contributed by atoms with E-state index in [2.05, 4.69) is 20.4 Å². The van der Waals surface area contributed by atoms with Gasteiger partial charge in [0.15, 0.2) is 0 Å². The molecule has 0 aliphatic rings. The van der Waals surface area contributed by atoms with Gasteiger partial charge < -0.3 is 10.1 Å². The lowest BCUT2D eigenvalue weighted by Gasteiger charge is -2.09. The van der Waals surface area contributed by atoms with Gasteiger partial charge in [-0.1, -0.05) is 11.6 Å². The van der Waals surface area contributed by atoms with E-state index in [-0.39, 0.29) is 5.56 Å². The van der Waals surface area contributed by atoms with Gasteiger partial charge in [0.1, 0.15) is 23.2 Å². The van der Waals surface area contributed by atoms with E-state index in [1.54, 1.807) is 28.9 Å². The minimum absolute atomic E-state index is 0.280. The Hall–Kier alpha value is -3.39. The van der Waals surface area contributed by atoms with Gasteiger partial charge in [0.25, 0.3) is 5.56 Å². The van der Waals surface area contributed by atoms with E-state index >= 15 is 0 Å². The van der Waals surface area contributed by atoms with Crippen molar-refractivity contribution in [2.45, 2.75) is 0 Å². The van der Waals surface area contributed by atoms with Crippen LogP contribution in [0.5, 0.6) is 5.75 Å². The van der Waals surface area contributed by atoms with Gasteiger partial charge in [0.05, 0.1) is 34.9 Å². The normalized spacial score (nSPS) is 10.9. The fourth-order valence-electron chi connectivity index (χ4n) is 2.67. The van der Waals surface area contributed by atoms with Crippen LogP contribution in [-0.4, -0.2) is 26.9 Å². The molecule has 1 aromatic carbocycles. The van der Waals surface area contributed by atoms with Crippen molar-refractivity contribution in [2.24, 2.45) is 0 Å². The number of nitrogens with zero attached hydrogens (tertiary/aromatic N) is 3. The quantitative estimate of drug-likeness (QED) is 0.560. The van der Waals surface area contributed by atoms with Crippen LogP contribution in [0.1, 0.15) is 0 Å². The molecule has 0 aliphatic carbocycles. The number of hydrogen-bond donors (Lipinski definition) is 2. The molecule has 0 saturated carbocycles. The number of methoxy groups -OCH3 is 1. The summed E-state index contributed by atoms with van der Waals surface area (Å²) in [6.45, 7) is 0. The third kappa shape index (κ3) is 3.22. The number of aromatic amines is 1. The number of pyridine rings is 2. The van der Waals surface area contributed by atoms with Crippen LogP contribution >= 0.6 is 11.6 Å². The van der Waals surface area contributed by atoms with E-state index in [1.165, 1.54) is 25.4 Å². The molecule has 0 amide bonds. The molecule has 2 N–H and O–H groups in total. The summed E-state index contributed by atoms with van der Waals surface area (Å²) in [7, 11) is 1.52. The van der Waals surface area contributed by atoms with E-state index in [4.69, 9.17) is 16.3 Å². The minimum atomic E-state index is -0.430. The summed E-state index contributed by atoms with van der Waals surface area (Å²) >= 11 is 6.07. The summed E-state index contributed by atoms with van der Waals surface area (Å²) in [5.41, 5.74) is 0.988. The second-order valence-electron chi connectivity index (χ2n) is 5.67. The Kier molecular flexibility index (Phi) is 4.25. The molecular formula is C18H13ClFN5O2. The number of halogens is 2. The van der Waals surface area contributed by atoms with Crippen LogP contribution in [0.25, 0.3) is 16.6 Å². The zero-order valence-corrected chi connectivity index (χ0v) is 14.8. The largest absolute Gasteiger partial charge is 0.495 e. The Bertz CT molecular complexity index is 1190. The van der Waals surface area contributed by atoms with Crippen molar-refractivity contribution < 1.29 is 9.13 Å².